The molecule has 2 unspecified atom stereocenters. The molecule has 0 fully saturated rings. The second kappa shape index (κ2) is 6.23. The van der Waals surface area contributed by atoms with Crippen LogP contribution in [0.5, 0.6) is 0 Å². The minimum atomic E-state index is -0.665. The monoisotopic (exact) mass is 280 g/mol. The standard InChI is InChI=1S/C14H17FN2OS/c1-9-8-19-13(17-9)7-16-10(2)14(18)11-3-5-12(15)6-4-11/h3-6,8,10,14,16,18H,7H2,1-2H3. The summed E-state index contributed by atoms with van der Waals surface area (Å²) in [6.07, 6.45) is -0.665. The van der Waals surface area contributed by atoms with Gasteiger partial charge < -0.3 is 10.4 Å². The van der Waals surface area contributed by atoms with Gasteiger partial charge in [0.1, 0.15) is 10.8 Å². The highest BCUT2D eigenvalue weighted by Crippen LogP contribution is 2.18. The minimum absolute atomic E-state index is 0.130. The molecule has 5 heteroatoms. The molecule has 2 N–H and O–H groups in total. The van der Waals surface area contributed by atoms with E-state index >= 15 is 0 Å². The molecule has 0 aliphatic heterocycles. The van der Waals surface area contributed by atoms with Crippen molar-refractivity contribution in [2.75, 3.05) is 0 Å². The molecule has 1 aromatic heterocycles. The molecule has 0 saturated heterocycles. The van der Waals surface area contributed by atoms with Gasteiger partial charge in [-0.1, -0.05) is 12.1 Å². The summed E-state index contributed by atoms with van der Waals surface area (Å²) in [6.45, 7) is 4.48. The van der Waals surface area contributed by atoms with Crippen molar-refractivity contribution in [3.63, 3.8) is 0 Å². The fourth-order valence-electron chi connectivity index (χ4n) is 1.79. The van der Waals surface area contributed by atoms with Crippen molar-refractivity contribution in [1.29, 1.82) is 0 Å². The molecule has 1 aromatic carbocycles. The lowest BCUT2D eigenvalue weighted by molar-refractivity contribution is 0.135. The average Bonchev–Trinajstić information content (AvgIpc) is 2.82. The lowest BCUT2D eigenvalue weighted by Crippen LogP contribution is -2.31. The summed E-state index contributed by atoms with van der Waals surface area (Å²) in [5, 5.41) is 16.4. The number of nitrogens with zero attached hydrogens (tertiary/aromatic N) is 1. The molecule has 2 atom stereocenters. The van der Waals surface area contributed by atoms with E-state index in [4.69, 9.17) is 0 Å². The van der Waals surface area contributed by atoms with Crippen LogP contribution in [0, 0.1) is 12.7 Å². The summed E-state index contributed by atoms with van der Waals surface area (Å²) in [5.74, 6) is -0.296. The van der Waals surface area contributed by atoms with Gasteiger partial charge in [-0.25, -0.2) is 9.37 Å². The second-order valence-corrected chi connectivity index (χ2v) is 5.49. The lowest BCUT2D eigenvalue weighted by atomic mass is 10.0. The number of benzene rings is 1. The van der Waals surface area contributed by atoms with Crippen LogP contribution >= 0.6 is 11.3 Å². The molecule has 0 aliphatic rings. The van der Waals surface area contributed by atoms with Gasteiger partial charge in [0.15, 0.2) is 0 Å². The maximum Gasteiger partial charge on any atom is 0.123 e. The molecule has 1 heterocycles. The topological polar surface area (TPSA) is 45.1 Å². The Kier molecular flexibility index (Phi) is 4.63. The smallest absolute Gasteiger partial charge is 0.123 e. The Morgan fingerprint density at radius 3 is 2.63 bits per heavy atom. The number of thiazole rings is 1. The minimum Gasteiger partial charge on any atom is -0.387 e. The van der Waals surface area contributed by atoms with E-state index in [-0.39, 0.29) is 11.9 Å². The van der Waals surface area contributed by atoms with Crippen LogP contribution in [0.2, 0.25) is 0 Å². The van der Waals surface area contributed by atoms with Crippen LogP contribution in [-0.4, -0.2) is 16.1 Å². The first-order valence-corrected chi connectivity index (χ1v) is 7.02. The SMILES string of the molecule is Cc1csc(CNC(C)C(O)c2ccc(F)cc2)n1. The van der Waals surface area contributed by atoms with Crippen molar-refractivity contribution >= 4 is 11.3 Å². The zero-order valence-corrected chi connectivity index (χ0v) is 11.7. The van der Waals surface area contributed by atoms with Gasteiger partial charge >= 0.3 is 0 Å². The number of nitrogens with one attached hydrogen (secondary N) is 1. The highest BCUT2D eigenvalue weighted by Gasteiger charge is 2.16. The predicted octanol–water partition coefficient (Wildman–Crippen LogP) is 2.80. The van der Waals surface area contributed by atoms with Crippen LogP contribution < -0.4 is 5.32 Å². The van der Waals surface area contributed by atoms with Crippen molar-refractivity contribution in [1.82, 2.24) is 10.3 Å². The number of hydrogen-bond acceptors (Lipinski definition) is 4. The summed E-state index contributed by atoms with van der Waals surface area (Å²) in [6, 6.07) is 5.79. The fraction of sp³-hybridized carbons (Fsp3) is 0.357. The molecule has 2 aromatic rings. The van der Waals surface area contributed by atoms with Gasteiger partial charge in [0, 0.05) is 23.7 Å². The third-order valence-electron chi connectivity index (χ3n) is 2.93. The third kappa shape index (κ3) is 3.83. The molecule has 0 radical (unpaired) electrons. The predicted molar refractivity (Wildman–Crippen MR) is 74.5 cm³/mol. The van der Waals surface area contributed by atoms with Gasteiger partial charge in [0.2, 0.25) is 0 Å². The number of hydrogen-bond donors (Lipinski definition) is 2. The number of halogens is 1. The van der Waals surface area contributed by atoms with Crippen molar-refractivity contribution < 1.29 is 9.50 Å². The van der Waals surface area contributed by atoms with E-state index in [0.29, 0.717) is 12.1 Å². The molecule has 2 rings (SSSR count). The van der Waals surface area contributed by atoms with Crippen LogP contribution in [0.1, 0.15) is 29.3 Å². The first kappa shape index (κ1) is 14.1. The van der Waals surface area contributed by atoms with Crippen molar-refractivity contribution in [2.24, 2.45) is 0 Å². The Morgan fingerprint density at radius 1 is 1.37 bits per heavy atom. The van der Waals surface area contributed by atoms with Crippen molar-refractivity contribution in [2.45, 2.75) is 32.5 Å². The largest absolute Gasteiger partial charge is 0.387 e. The highest BCUT2D eigenvalue weighted by molar-refractivity contribution is 7.09. The molecule has 102 valence electrons. The van der Waals surface area contributed by atoms with E-state index in [1.807, 2.05) is 19.2 Å². The first-order valence-electron chi connectivity index (χ1n) is 6.14. The average molecular weight is 280 g/mol. The maximum absolute atomic E-state index is 12.8. The molecule has 0 aliphatic carbocycles. The van der Waals surface area contributed by atoms with Crippen LogP contribution in [0.4, 0.5) is 4.39 Å². The third-order valence-corrected chi connectivity index (χ3v) is 3.89. The van der Waals surface area contributed by atoms with E-state index in [2.05, 4.69) is 10.3 Å². The number of aryl methyl sites for hydroxylation is 1. The van der Waals surface area contributed by atoms with E-state index in [0.717, 1.165) is 10.7 Å². The van der Waals surface area contributed by atoms with Crippen LogP contribution in [-0.2, 0) is 6.54 Å². The normalized spacial score (nSPS) is 14.3. The molecule has 0 saturated carbocycles. The number of aliphatic hydroxyl groups is 1. The Hall–Kier alpha value is -1.30. The van der Waals surface area contributed by atoms with E-state index in [1.165, 1.54) is 12.1 Å². The fourth-order valence-corrected chi connectivity index (χ4v) is 2.52. The zero-order chi connectivity index (χ0) is 13.8. The lowest BCUT2D eigenvalue weighted by Gasteiger charge is -2.20. The van der Waals surface area contributed by atoms with Gasteiger partial charge in [-0.2, -0.15) is 0 Å². The van der Waals surface area contributed by atoms with Crippen LogP contribution in [0.25, 0.3) is 0 Å². The maximum atomic E-state index is 12.8. The Labute approximate surface area is 116 Å². The van der Waals surface area contributed by atoms with Gasteiger partial charge in [0.05, 0.1) is 6.10 Å². The van der Waals surface area contributed by atoms with Gasteiger partial charge in [-0.15, -0.1) is 11.3 Å². The number of aromatic nitrogens is 1. The molecule has 0 spiro atoms. The van der Waals surface area contributed by atoms with Crippen LogP contribution in [0.15, 0.2) is 29.6 Å². The quantitative estimate of drug-likeness (QED) is 0.885. The van der Waals surface area contributed by atoms with E-state index in [1.54, 1.807) is 23.5 Å². The molecular weight excluding hydrogens is 263 g/mol. The Morgan fingerprint density at radius 2 is 2.05 bits per heavy atom. The zero-order valence-electron chi connectivity index (χ0n) is 10.9. The molecule has 0 bridgehead atoms. The summed E-state index contributed by atoms with van der Waals surface area (Å²) in [4.78, 5) is 4.35. The first-order chi connectivity index (χ1) is 9.06. The van der Waals surface area contributed by atoms with Crippen molar-refractivity contribution in [3.8, 4) is 0 Å². The molecular formula is C14H17FN2OS. The molecule has 19 heavy (non-hydrogen) atoms. The van der Waals surface area contributed by atoms with Gasteiger partial charge in [0.25, 0.3) is 0 Å². The second-order valence-electron chi connectivity index (χ2n) is 4.55. The van der Waals surface area contributed by atoms with E-state index in [9.17, 15) is 9.50 Å². The Balaban J connectivity index is 1.92. The Bertz CT molecular complexity index is 526. The highest BCUT2D eigenvalue weighted by atomic mass is 32.1. The van der Waals surface area contributed by atoms with E-state index < -0.39 is 6.10 Å². The molecule has 0 amide bonds. The van der Waals surface area contributed by atoms with Gasteiger partial charge in [-0.3, -0.25) is 0 Å². The summed E-state index contributed by atoms with van der Waals surface area (Å²) in [5.41, 5.74) is 1.71. The number of aliphatic hydroxyl groups excluding tert-OH is 1. The van der Waals surface area contributed by atoms with Crippen molar-refractivity contribution in [3.05, 3.63) is 51.7 Å². The summed E-state index contributed by atoms with van der Waals surface area (Å²) in [7, 11) is 0. The summed E-state index contributed by atoms with van der Waals surface area (Å²) >= 11 is 1.60. The van der Waals surface area contributed by atoms with Gasteiger partial charge in [-0.05, 0) is 31.5 Å². The molecule has 3 nitrogen and oxygen atoms in total. The summed E-state index contributed by atoms with van der Waals surface area (Å²) < 4.78 is 12.8. The number of rotatable bonds is 5. The van der Waals surface area contributed by atoms with Crippen LogP contribution in [0.3, 0.4) is 0 Å².